The highest BCUT2D eigenvalue weighted by Gasteiger charge is 2.10. The van der Waals surface area contributed by atoms with Crippen molar-refractivity contribution in [2.24, 2.45) is 0 Å². The fourth-order valence-corrected chi connectivity index (χ4v) is 3.21. The van der Waals surface area contributed by atoms with Crippen molar-refractivity contribution in [2.75, 3.05) is 12.8 Å². The first-order valence-electron chi connectivity index (χ1n) is 7.74. The minimum absolute atomic E-state index is 0.00432. The molecule has 0 amide bonds. The van der Waals surface area contributed by atoms with Gasteiger partial charge in [0.1, 0.15) is 0 Å². The normalized spacial score (nSPS) is 12.4. The van der Waals surface area contributed by atoms with Gasteiger partial charge in [0.25, 0.3) is 0 Å². The summed E-state index contributed by atoms with van der Waals surface area (Å²) in [6.07, 6.45) is 2.11. The van der Waals surface area contributed by atoms with Crippen LogP contribution >= 0.6 is 12.2 Å². The fraction of sp³-hybridized carbons (Fsp3) is 0.278. The Kier molecular flexibility index (Phi) is 6.34. The summed E-state index contributed by atoms with van der Waals surface area (Å²) in [5.74, 6) is 0. The number of thiocarbonyl (C=S) groups is 1. The standard InChI is InChI=1S/C18H22N2O2S2/c1-14(16-8-10-17(11-9-16)24(2,21)22)20-18(23)19-13-12-15-6-4-3-5-7-15/h3-11,14H,12-13H2,1-2H3,(H2,19,20,23). The second-order valence-corrected chi connectivity index (χ2v) is 8.12. The van der Waals surface area contributed by atoms with Gasteiger partial charge in [-0.15, -0.1) is 0 Å². The van der Waals surface area contributed by atoms with E-state index >= 15 is 0 Å². The highest BCUT2D eigenvalue weighted by atomic mass is 32.2. The van der Waals surface area contributed by atoms with Crippen LogP contribution in [0.3, 0.4) is 0 Å². The van der Waals surface area contributed by atoms with E-state index in [0.29, 0.717) is 10.0 Å². The molecule has 6 heteroatoms. The second kappa shape index (κ2) is 8.26. The molecule has 0 saturated carbocycles. The number of hydrogen-bond acceptors (Lipinski definition) is 3. The third kappa shape index (κ3) is 5.62. The molecular weight excluding hydrogens is 340 g/mol. The first kappa shape index (κ1) is 18.4. The van der Waals surface area contributed by atoms with Gasteiger partial charge in [-0.2, -0.15) is 0 Å². The van der Waals surface area contributed by atoms with Crippen LogP contribution in [0.4, 0.5) is 0 Å². The maximum atomic E-state index is 11.5. The molecule has 0 aliphatic carbocycles. The van der Waals surface area contributed by atoms with Crippen LogP contribution in [0.15, 0.2) is 59.5 Å². The van der Waals surface area contributed by atoms with Gasteiger partial charge in [0, 0.05) is 12.8 Å². The van der Waals surface area contributed by atoms with E-state index in [1.165, 1.54) is 11.8 Å². The number of nitrogens with one attached hydrogen (secondary N) is 2. The van der Waals surface area contributed by atoms with Crippen molar-refractivity contribution in [2.45, 2.75) is 24.3 Å². The Hall–Kier alpha value is -1.92. The molecule has 0 aliphatic rings. The van der Waals surface area contributed by atoms with Gasteiger partial charge >= 0.3 is 0 Å². The van der Waals surface area contributed by atoms with E-state index in [4.69, 9.17) is 12.2 Å². The van der Waals surface area contributed by atoms with Crippen molar-refractivity contribution in [3.8, 4) is 0 Å². The molecule has 0 bridgehead atoms. The first-order chi connectivity index (χ1) is 11.4. The molecule has 4 nitrogen and oxygen atoms in total. The van der Waals surface area contributed by atoms with Gasteiger partial charge in [0.05, 0.1) is 10.9 Å². The summed E-state index contributed by atoms with van der Waals surface area (Å²) in [5.41, 5.74) is 2.24. The highest BCUT2D eigenvalue weighted by molar-refractivity contribution is 7.90. The van der Waals surface area contributed by atoms with Crippen LogP contribution in [-0.2, 0) is 16.3 Å². The van der Waals surface area contributed by atoms with Crippen molar-refractivity contribution in [3.63, 3.8) is 0 Å². The number of benzene rings is 2. The summed E-state index contributed by atoms with van der Waals surface area (Å²) in [7, 11) is -3.17. The molecule has 2 aromatic carbocycles. The lowest BCUT2D eigenvalue weighted by molar-refractivity contribution is 0.601. The van der Waals surface area contributed by atoms with Crippen molar-refractivity contribution in [1.29, 1.82) is 0 Å². The van der Waals surface area contributed by atoms with Gasteiger partial charge in [-0.05, 0) is 48.8 Å². The fourth-order valence-electron chi connectivity index (χ4n) is 2.30. The minimum Gasteiger partial charge on any atom is -0.362 e. The second-order valence-electron chi connectivity index (χ2n) is 5.70. The first-order valence-corrected chi connectivity index (χ1v) is 10.0. The number of rotatable bonds is 6. The molecular formula is C18H22N2O2S2. The zero-order chi connectivity index (χ0) is 17.6. The van der Waals surface area contributed by atoms with E-state index in [0.717, 1.165) is 18.5 Å². The summed E-state index contributed by atoms with van der Waals surface area (Å²) in [6.45, 7) is 2.75. The average molecular weight is 363 g/mol. The quantitative estimate of drug-likeness (QED) is 0.774. The lowest BCUT2D eigenvalue weighted by Gasteiger charge is -2.17. The number of sulfone groups is 1. The van der Waals surface area contributed by atoms with E-state index in [2.05, 4.69) is 22.8 Å². The smallest absolute Gasteiger partial charge is 0.175 e. The summed E-state index contributed by atoms with van der Waals surface area (Å²) in [6, 6.07) is 17.1. The van der Waals surface area contributed by atoms with Gasteiger partial charge in [-0.1, -0.05) is 42.5 Å². The Morgan fingerprint density at radius 3 is 2.29 bits per heavy atom. The Morgan fingerprint density at radius 1 is 1.08 bits per heavy atom. The molecule has 0 saturated heterocycles. The van der Waals surface area contributed by atoms with Crippen molar-refractivity contribution >= 4 is 27.2 Å². The lowest BCUT2D eigenvalue weighted by Crippen LogP contribution is -2.37. The zero-order valence-corrected chi connectivity index (χ0v) is 15.5. The van der Waals surface area contributed by atoms with Gasteiger partial charge < -0.3 is 10.6 Å². The lowest BCUT2D eigenvalue weighted by atomic mass is 10.1. The third-order valence-electron chi connectivity index (χ3n) is 3.70. The van der Waals surface area contributed by atoms with E-state index in [1.807, 2.05) is 25.1 Å². The molecule has 0 aliphatic heterocycles. The molecule has 128 valence electrons. The largest absolute Gasteiger partial charge is 0.362 e. The van der Waals surface area contributed by atoms with Gasteiger partial charge in [0.2, 0.25) is 0 Å². The van der Waals surface area contributed by atoms with E-state index in [1.54, 1.807) is 24.3 Å². The van der Waals surface area contributed by atoms with Crippen LogP contribution < -0.4 is 10.6 Å². The Labute approximate surface area is 149 Å². The van der Waals surface area contributed by atoms with Crippen LogP contribution in [0.2, 0.25) is 0 Å². The molecule has 0 radical (unpaired) electrons. The summed E-state index contributed by atoms with van der Waals surface area (Å²) >= 11 is 5.31. The highest BCUT2D eigenvalue weighted by Crippen LogP contribution is 2.16. The van der Waals surface area contributed by atoms with Crippen molar-refractivity contribution < 1.29 is 8.42 Å². The monoisotopic (exact) mass is 362 g/mol. The molecule has 0 heterocycles. The molecule has 24 heavy (non-hydrogen) atoms. The molecule has 2 N–H and O–H groups in total. The predicted octanol–water partition coefficient (Wildman–Crippen LogP) is 2.86. The van der Waals surface area contributed by atoms with E-state index in [9.17, 15) is 8.42 Å². The molecule has 1 atom stereocenters. The molecule has 2 rings (SSSR count). The van der Waals surface area contributed by atoms with Gasteiger partial charge in [-0.25, -0.2) is 8.42 Å². The Balaban J connectivity index is 1.83. The molecule has 0 fully saturated rings. The molecule has 0 spiro atoms. The van der Waals surface area contributed by atoms with E-state index < -0.39 is 9.84 Å². The molecule has 1 unspecified atom stereocenters. The van der Waals surface area contributed by atoms with Crippen LogP contribution in [0.5, 0.6) is 0 Å². The SMILES string of the molecule is CC(NC(=S)NCCc1ccccc1)c1ccc(S(C)(=O)=O)cc1. The van der Waals surface area contributed by atoms with Crippen molar-refractivity contribution in [3.05, 3.63) is 65.7 Å². The van der Waals surface area contributed by atoms with E-state index in [-0.39, 0.29) is 6.04 Å². The minimum atomic E-state index is -3.17. The summed E-state index contributed by atoms with van der Waals surface area (Å²) in [5, 5.41) is 6.99. The van der Waals surface area contributed by atoms with Gasteiger partial charge in [0.15, 0.2) is 14.9 Å². The molecule has 0 aromatic heterocycles. The summed E-state index contributed by atoms with van der Waals surface area (Å²) < 4.78 is 23.0. The Bertz CT molecular complexity index is 772. The van der Waals surface area contributed by atoms with Crippen LogP contribution in [0, 0.1) is 0 Å². The van der Waals surface area contributed by atoms with Crippen LogP contribution in [-0.4, -0.2) is 26.3 Å². The third-order valence-corrected chi connectivity index (χ3v) is 5.09. The average Bonchev–Trinajstić information content (AvgIpc) is 2.55. The molecule has 2 aromatic rings. The zero-order valence-electron chi connectivity index (χ0n) is 13.8. The van der Waals surface area contributed by atoms with Gasteiger partial charge in [-0.3, -0.25) is 0 Å². The Morgan fingerprint density at radius 2 is 1.71 bits per heavy atom. The number of hydrogen-bond donors (Lipinski definition) is 2. The maximum absolute atomic E-state index is 11.5. The maximum Gasteiger partial charge on any atom is 0.175 e. The van der Waals surface area contributed by atoms with Crippen LogP contribution in [0.25, 0.3) is 0 Å². The van der Waals surface area contributed by atoms with Crippen molar-refractivity contribution in [1.82, 2.24) is 10.6 Å². The van der Waals surface area contributed by atoms with Crippen LogP contribution in [0.1, 0.15) is 24.1 Å². The summed E-state index contributed by atoms with van der Waals surface area (Å²) in [4.78, 5) is 0.321. The topological polar surface area (TPSA) is 58.2 Å². The predicted molar refractivity (Wildman–Crippen MR) is 102 cm³/mol.